The molecule has 0 aliphatic carbocycles. The van der Waals surface area contributed by atoms with Gasteiger partial charge in [0.25, 0.3) is 0 Å². The maximum atomic E-state index is 5.88. The van der Waals surface area contributed by atoms with Crippen molar-refractivity contribution in [3.63, 3.8) is 0 Å². The number of aromatic amines is 1. The van der Waals surface area contributed by atoms with E-state index in [0.717, 1.165) is 22.0 Å². The first kappa shape index (κ1) is 14.0. The van der Waals surface area contributed by atoms with Crippen molar-refractivity contribution in [3.05, 3.63) is 54.7 Å². The van der Waals surface area contributed by atoms with E-state index >= 15 is 0 Å². The van der Waals surface area contributed by atoms with Crippen LogP contribution in [0.5, 0.6) is 0 Å². The number of fused-ring (bicyclic) bond motifs is 1. The number of H-pyrrole nitrogens is 1. The maximum Gasteiger partial charge on any atom is 0.153 e. The molecule has 7 nitrogen and oxygen atoms in total. The number of nitrogens with two attached hydrogens (primary N) is 2. The van der Waals surface area contributed by atoms with Crippen LogP contribution < -0.4 is 16.8 Å². The first-order valence-corrected chi connectivity index (χ1v) is 7.38. The highest BCUT2D eigenvalue weighted by molar-refractivity contribution is 5.92. The molecule has 118 valence electrons. The van der Waals surface area contributed by atoms with Gasteiger partial charge in [-0.15, -0.1) is 0 Å². The second-order valence-corrected chi connectivity index (χ2v) is 5.37. The number of pyridine rings is 2. The van der Waals surface area contributed by atoms with Crippen LogP contribution in [0.15, 0.2) is 54.7 Å². The Labute approximate surface area is 137 Å². The zero-order valence-electron chi connectivity index (χ0n) is 12.7. The van der Waals surface area contributed by atoms with Gasteiger partial charge in [-0.2, -0.15) is 5.10 Å². The molecule has 0 bridgehead atoms. The summed E-state index contributed by atoms with van der Waals surface area (Å²) in [5.74, 6) is 2.28. The molecule has 3 aromatic heterocycles. The van der Waals surface area contributed by atoms with E-state index in [0.29, 0.717) is 23.3 Å². The third-order valence-corrected chi connectivity index (χ3v) is 3.71. The van der Waals surface area contributed by atoms with Crippen LogP contribution in [0.1, 0.15) is 0 Å². The number of rotatable bonds is 3. The van der Waals surface area contributed by atoms with E-state index < -0.39 is 0 Å². The van der Waals surface area contributed by atoms with E-state index in [2.05, 4.69) is 25.5 Å². The average molecular weight is 317 g/mol. The fourth-order valence-electron chi connectivity index (χ4n) is 2.54. The molecule has 0 unspecified atom stereocenters. The molecule has 0 amide bonds. The third kappa shape index (κ3) is 2.58. The molecule has 1 aromatic carbocycles. The normalized spacial score (nSPS) is 10.8. The fraction of sp³-hybridized carbons (Fsp3) is 0. The van der Waals surface area contributed by atoms with E-state index in [4.69, 9.17) is 11.5 Å². The molecule has 24 heavy (non-hydrogen) atoms. The lowest BCUT2D eigenvalue weighted by Gasteiger charge is -2.08. The van der Waals surface area contributed by atoms with Gasteiger partial charge in [-0.3, -0.25) is 5.10 Å². The van der Waals surface area contributed by atoms with E-state index in [1.807, 2.05) is 42.5 Å². The standard InChI is InChI=1S/C17H15N7/c18-14-2-1-3-15(21-14)22-16-9-11(6-7-20-16)10-4-5-13-12(8-10)17(19)24-23-13/h1-9H,(H3,19,23,24)(H3,18,20,21,22). The van der Waals surface area contributed by atoms with Crippen molar-refractivity contribution in [2.24, 2.45) is 0 Å². The summed E-state index contributed by atoms with van der Waals surface area (Å²) in [5, 5.41) is 11.0. The molecule has 0 atom stereocenters. The summed E-state index contributed by atoms with van der Waals surface area (Å²) >= 11 is 0. The van der Waals surface area contributed by atoms with E-state index in [1.54, 1.807) is 12.3 Å². The lowest BCUT2D eigenvalue weighted by molar-refractivity contribution is 1.13. The van der Waals surface area contributed by atoms with Crippen LogP contribution >= 0.6 is 0 Å². The van der Waals surface area contributed by atoms with Crippen LogP contribution in [-0.4, -0.2) is 20.2 Å². The van der Waals surface area contributed by atoms with Crippen molar-refractivity contribution < 1.29 is 0 Å². The highest BCUT2D eigenvalue weighted by Crippen LogP contribution is 2.27. The molecule has 0 spiro atoms. The molecule has 6 N–H and O–H groups in total. The van der Waals surface area contributed by atoms with Crippen LogP contribution in [0.4, 0.5) is 23.3 Å². The Morgan fingerprint density at radius 1 is 0.917 bits per heavy atom. The van der Waals surface area contributed by atoms with Crippen molar-refractivity contribution in [3.8, 4) is 11.1 Å². The van der Waals surface area contributed by atoms with Crippen molar-refractivity contribution in [2.75, 3.05) is 16.8 Å². The summed E-state index contributed by atoms with van der Waals surface area (Å²) in [6, 6.07) is 15.3. The Balaban J connectivity index is 1.69. The monoisotopic (exact) mass is 317 g/mol. The smallest absolute Gasteiger partial charge is 0.153 e. The van der Waals surface area contributed by atoms with Gasteiger partial charge in [0.05, 0.1) is 5.52 Å². The van der Waals surface area contributed by atoms with Crippen LogP contribution in [0.25, 0.3) is 22.0 Å². The van der Waals surface area contributed by atoms with Crippen molar-refractivity contribution in [1.82, 2.24) is 20.2 Å². The largest absolute Gasteiger partial charge is 0.384 e. The summed E-state index contributed by atoms with van der Waals surface area (Å²) in [6.07, 6.45) is 1.74. The molecule has 3 heterocycles. The van der Waals surface area contributed by atoms with Crippen LogP contribution in [0, 0.1) is 0 Å². The van der Waals surface area contributed by atoms with Gasteiger partial charge in [-0.05, 0) is 47.5 Å². The Bertz CT molecular complexity index is 1020. The molecule has 0 radical (unpaired) electrons. The van der Waals surface area contributed by atoms with Crippen molar-refractivity contribution >= 4 is 34.2 Å². The van der Waals surface area contributed by atoms with E-state index in [9.17, 15) is 0 Å². The molecule has 0 saturated carbocycles. The SMILES string of the molecule is Nc1cccc(Nc2cc(-c3ccc4[nH]nc(N)c4c3)ccn2)n1. The Morgan fingerprint density at radius 2 is 1.79 bits per heavy atom. The van der Waals surface area contributed by atoms with E-state index in [-0.39, 0.29) is 0 Å². The summed E-state index contributed by atoms with van der Waals surface area (Å²) in [7, 11) is 0. The lowest BCUT2D eigenvalue weighted by Crippen LogP contribution is -1.98. The average Bonchev–Trinajstić information content (AvgIpc) is 2.96. The first-order chi connectivity index (χ1) is 11.7. The fourth-order valence-corrected chi connectivity index (χ4v) is 2.54. The van der Waals surface area contributed by atoms with Crippen LogP contribution in [0.2, 0.25) is 0 Å². The molecular formula is C17H15N7. The minimum absolute atomic E-state index is 0.456. The van der Waals surface area contributed by atoms with Gasteiger partial charge in [0.1, 0.15) is 17.5 Å². The number of anilines is 4. The summed E-state index contributed by atoms with van der Waals surface area (Å²) < 4.78 is 0. The lowest BCUT2D eigenvalue weighted by atomic mass is 10.0. The maximum absolute atomic E-state index is 5.88. The highest BCUT2D eigenvalue weighted by Gasteiger charge is 2.06. The minimum Gasteiger partial charge on any atom is -0.384 e. The molecule has 0 aliphatic heterocycles. The Hall–Kier alpha value is -3.61. The zero-order chi connectivity index (χ0) is 16.5. The summed E-state index contributed by atoms with van der Waals surface area (Å²) in [5.41, 5.74) is 14.5. The molecule has 4 rings (SSSR count). The van der Waals surface area contributed by atoms with E-state index in [1.165, 1.54) is 0 Å². The Kier molecular flexibility index (Phi) is 3.24. The predicted molar refractivity (Wildman–Crippen MR) is 95.7 cm³/mol. The molecule has 0 fully saturated rings. The third-order valence-electron chi connectivity index (χ3n) is 3.71. The quantitative estimate of drug-likeness (QED) is 0.461. The van der Waals surface area contributed by atoms with Crippen molar-refractivity contribution in [2.45, 2.75) is 0 Å². The second kappa shape index (κ2) is 5.54. The number of benzene rings is 1. The van der Waals surface area contributed by atoms with Crippen LogP contribution in [0.3, 0.4) is 0 Å². The van der Waals surface area contributed by atoms with Gasteiger partial charge in [0.2, 0.25) is 0 Å². The molecular weight excluding hydrogens is 302 g/mol. The van der Waals surface area contributed by atoms with Crippen LogP contribution in [-0.2, 0) is 0 Å². The predicted octanol–water partition coefficient (Wildman–Crippen LogP) is 2.93. The summed E-state index contributed by atoms with van der Waals surface area (Å²) in [4.78, 5) is 8.54. The first-order valence-electron chi connectivity index (χ1n) is 7.38. The van der Waals surface area contributed by atoms with Gasteiger partial charge in [0, 0.05) is 11.6 Å². The number of hydrogen-bond donors (Lipinski definition) is 4. The zero-order valence-corrected chi connectivity index (χ0v) is 12.7. The molecule has 0 aliphatic rings. The Morgan fingerprint density at radius 3 is 2.67 bits per heavy atom. The van der Waals surface area contributed by atoms with Gasteiger partial charge >= 0.3 is 0 Å². The molecule has 4 aromatic rings. The molecule has 7 heteroatoms. The number of nitrogen functional groups attached to an aromatic ring is 2. The number of nitrogens with zero attached hydrogens (tertiary/aromatic N) is 3. The summed E-state index contributed by atoms with van der Waals surface area (Å²) in [6.45, 7) is 0. The van der Waals surface area contributed by atoms with Gasteiger partial charge in [-0.1, -0.05) is 12.1 Å². The van der Waals surface area contributed by atoms with Gasteiger partial charge in [-0.25, -0.2) is 9.97 Å². The number of nitrogens with one attached hydrogen (secondary N) is 2. The topological polar surface area (TPSA) is 119 Å². The molecule has 0 saturated heterocycles. The van der Waals surface area contributed by atoms with Gasteiger partial charge in [0.15, 0.2) is 5.82 Å². The number of aromatic nitrogens is 4. The highest BCUT2D eigenvalue weighted by atomic mass is 15.1. The van der Waals surface area contributed by atoms with Crippen molar-refractivity contribution in [1.29, 1.82) is 0 Å². The second-order valence-electron chi connectivity index (χ2n) is 5.37. The number of hydrogen-bond acceptors (Lipinski definition) is 6. The van der Waals surface area contributed by atoms with Gasteiger partial charge < -0.3 is 16.8 Å². The minimum atomic E-state index is 0.456.